The molecule has 214 valence electrons. The first kappa shape index (κ1) is 28.0. The van der Waals surface area contributed by atoms with Crippen molar-refractivity contribution in [3.05, 3.63) is 76.3 Å². The number of oxazole rings is 1. The number of carbonyl (C=O) groups excluding carboxylic acids is 1. The Hall–Kier alpha value is -3.57. The van der Waals surface area contributed by atoms with Crippen LogP contribution in [0.5, 0.6) is 0 Å². The highest BCUT2D eigenvalue weighted by Crippen LogP contribution is 2.40. The van der Waals surface area contributed by atoms with E-state index in [1.807, 2.05) is 19.1 Å². The van der Waals surface area contributed by atoms with Gasteiger partial charge in [0.05, 0.1) is 29.3 Å². The lowest BCUT2D eigenvalue weighted by Gasteiger charge is -2.48. The third kappa shape index (κ3) is 5.66. The number of aliphatic hydroxyl groups is 1. The van der Waals surface area contributed by atoms with E-state index in [0.717, 1.165) is 30.5 Å². The lowest BCUT2D eigenvalue weighted by molar-refractivity contribution is -0.137. The summed E-state index contributed by atoms with van der Waals surface area (Å²) < 4.78 is 45.7. The quantitative estimate of drug-likeness (QED) is 0.389. The molecular formula is C29H33F3N4O4. The first-order valence-electron chi connectivity index (χ1n) is 13.5. The van der Waals surface area contributed by atoms with Gasteiger partial charge in [0.1, 0.15) is 0 Å². The monoisotopic (exact) mass is 558 g/mol. The van der Waals surface area contributed by atoms with E-state index in [1.54, 1.807) is 10.6 Å². The van der Waals surface area contributed by atoms with Crippen LogP contribution in [0.25, 0.3) is 16.8 Å². The summed E-state index contributed by atoms with van der Waals surface area (Å²) in [5.41, 5.74) is 0.772. The first-order chi connectivity index (χ1) is 19.0. The van der Waals surface area contributed by atoms with Crippen LogP contribution in [0.2, 0.25) is 0 Å². The zero-order chi connectivity index (χ0) is 28.7. The number of nitrogens with one attached hydrogen (secondary N) is 2. The topological polar surface area (TPSA) is 99.7 Å². The van der Waals surface area contributed by atoms with E-state index in [2.05, 4.69) is 22.1 Å². The van der Waals surface area contributed by atoms with Gasteiger partial charge in [-0.05, 0) is 68.0 Å². The maximum atomic E-state index is 12.9. The Bertz CT molecular complexity index is 1460. The molecule has 1 aromatic heterocycles. The minimum absolute atomic E-state index is 0.00814. The van der Waals surface area contributed by atoms with Gasteiger partial charge < -0.3 is 20.2 Å². The minimum atomic E-state index is -4.45. The van der Waals surface area contributed by atoms with E-state index in [-0.39, 0.29) is 29.8 Å². The van der Waals surface area contributed by atoms with Crippen molar-refractivity contribution in [1.29, 1.82) is 0 Å². The number of likely N-dealkylation sites (tertiary alicyclic amines) is 1. The van der Waals surface area contributed by atoms with E-state index >= 15 is 0 Å². The number of alkyl halides is 3. The summed E-state index contributed by atoms with van der Waals surface area (Å²) in [5.74, 6) is -0.655. The van der Waals surface area contributed by atoms with E-state index in [9.17, 15) is 27.9 Å². The molecule has 8 nitrogen and oxygen atoms in total. The lowest BCUT2D eigenvalue weighted by atomic mass is 9.76. The normalized spacial score (nSPS) is 22.2. The smallest absolute Gasteiger partial charge is 0.408 e. The molecule has 0 bridgehead atoms. The number of rotatable bonds is 8. The molecule has 2 heterocycles. The van der Waals surface area contributed by atoms with Crippen LogP contribution < -0.4 is 16.4 Å². The number of aryl methyl sites for hydroxylation is 1. The molecule has 3 N–H and O–H groups in total. The van der Waals surface area contributed by atoms with Crippen molar-refractivity contribution in [3.8, 4) is 0 Å². The highest BCUT2D eigenvalue weighted by Gasteiger charge is 2.40. The molecule has 3 aromatic rings. The van der Waals surface area contributed by atoms with Crippen molar-refractivity contribution in [1.82, 2.24) is 20.1 Å². The predicted octanol–water partition coefficient (Wildman–Crippen LogP) is 3.82. The summed E-state index contributed by atoms with van der Waals surface area (Å²) in [6.45, 7) is 7.44. The molecule has 2 fully saturated rings. The summed E-state index contributed by atoms with van der Waals surface area (Å²) in [7, 11) is 0. The number of hydrogen-bond acceptors (Lipinski definition) is 6. The van der Waals surface area contributed by atoms with E-state index in [4.69, 9.17) is 4.42 Å². The summed E-state index contributed by atoms with van der Waals surface area (Å²) in [6, 6.07) is 10.5. The van der Waals surface area contributed by atoms with Gasteiger partial charge >= 0.3 is 11.9 Å². The average Bonchev–Trinajstić information content (AvgIpc) is 3.23. The molecule has 0 unspecified atom stereocenters. The van der Waals surface area contributed by atoms with Gasteiger partial charge in [0.25, 0.3) is 0 Å². The van der Waals surface area contributed by atoms with Crippen molar-refractivity contribution in [2.45, 2.75) is 63.0 Å². The lowest BCUT2D eigenvalue weighted by Crippen LogP contribution is -2.63. The van der Waals surface area contributed by atoms with Gasteiger partial charge in [-0.3, -0.25) is 14.3 Å². The summed E-state index contributed by atoms with van der Waals surface area (Å²) in [6.07, 6.45) is -1.66. The second-order valence-corrected chi connectivity index (χ2v) is 10.7. The fourth-order valence-corrected chi connectivity index (χ4v) is 5.74. The molecule has 1 aliphatic carbocycles. The van der Waals surface area contributed by atoms with Gasteiger partial charge in [-0.1, -0.05) is 24.8 Å². The number of amides is 1. The average molecular weight is 559 g/mol. The van der Waals surface area contributed by atoms with Gasteiger partial charge in [-0.15, -0.1) is 0 Å². The Balaban J connectivity index is 1.07. The molecule has 5 rings (SSSR count). The van der Waals surface area contributed by atoms with Crippen molar-refractivity contribution >= 4 is 22.7 Å². The maximum Gasteiger partial charge on any atom is 0.419 e. The second-order valence-electron chi connectivity index (χ2n) is 10.7. The van der Waals surface area contributed by atoms with Crippen LogP contribution in [-0.2, 0) is 23.1 Å². The van der Waals surface area contributed by atoms with Gasteiger partial charge in [-0.2, -0.15) is 13.2 Å². The highest BCUT2D eigenvalue weighted by atomic mass is 19.4. The van der Waals surface area contributed by atoms with Crippen molar-refractivity contribution < 1.29 is 27.5 Å². The summed E-state index contributed by atoms with van der Waals surface area (Å²) in [4.78, 5) is 26.7. The van der Waals surface area contributed by atoms with Crippen LogP contribution in [0, 0.1) is 0 Å². The van der Waals surface area contributed by atoms with Crippen LogP contribution in [0.15, 0.2) is 58.3 Å². The van der Waals surface area contributed by atoms with E-state index in [1.165, 1.54) is 12.1 Å². The Morgan fingerprint density at radius 3 is 2.58 bits per heavy atom. The standard InChI is InChI=1S/C29H33F3N4O4/c1-3-36-24-14-20(7-8-25(24)40-27(36)38)28(39)11-9-23(10-12-28)35-16-22(17-35)34-26(37)15-33-18(2)19-5-4-6-21(13-19)29(30,31)32/h4-8,13-14,22-23,33,39H,2-3,9-12,15-17H2,1H3,(H,34,37)/t23-,28-. The molecule has 0 radical (unpaired) electrons. The zero-order valence-corrected chi connectivity index (χ0v) is 22.3. The van der Waals surface area contributed by atoms with Gasteiger partial charge in [-0.25, -0.2) is 4.79 Å². The van der Waals surface area contributed by atoms with Crippen LogP contribution in [0.4, 0.5) is 13.2 Å². The number of halogens is 3. The number of benzene rings is 2. The van der Waals surface area contributed by atoms with Crippen LogP contribution >= 0.6 is 0 Å². The highest BCUT2D eigenvalue weighted by molar-refractivity contribution is 5.80. The Morgan fingerprint density at radius 2 is 1.90 bits per heavy atom. The number of nitrogens with zero attached hydrogens (tertiary/aromatic N) is 2. The minimum Gasteiger partial charge on any atom is -0.408 e. The third-order valence-electron chi connectivity index (χ3n) is 8.10. The van der Waals surface area contributed by atoms with E-state index < -0.39 is 23.1 Å². The van der Waals surface area contributed by atoms with Gasteiger partial charge in [0.2, 0.25) is 5.91 Å². The molecule has 1 amide bonds. The molecule has 2 aromatic carbocycles. The Kier molecular flexibility index (Phi) is 7.54. The molecule has 1 saturated heterocycles. The number of fused-ring (bicyclic) bond motifs is 1. The third-order valence-corrected chi connectivity index (χ3v) is 8.10. The number of carbonyl (C=O) groups is 1. The zero-order valence-electron chi connectivity index (χ0n) is 22.3. The van der Waals surface area contributed by atoms with Crippen LogP contribution in [0.3, 0.4) is 0 Å². The fourth-order valence-electron chi connectivity index (χ4n) is 5.74. The molecule has 40 heavy (non-hydrogen) atoms. The Morgan fingerprint density at radius 1 is 1.18 bits per heavy atom. The van der Waals surface area contributed by atoms with Crippen molar-refractivity contribution in [2.75, 3.05) is 19.6 Å². The summed E-state index contributed by atoms with van der Waals surface area (Å²) >= 11 is 0. The van der Waals surface area contributed by atoms with Crippen LogP contribution in [-0.4, -0.2) is 52.2 Å². The van der Waals surface area contributed by atoms with Crippen LogP contribution in [0.1, 0.15) is 49.3 Å². The van der Waals surface area contributed by atoms with E-state index in [0.29, 0.717) is 49.6 Å². The van der Waals surface area contributed by atoms with Crippen molar-refractivity contribution in [2.24, 2.45) is 0 Å². The van der Waals surface area contributed by atoms with Gasteiger partial charge in [0.15, 0.2) is 5.58 Å². The molecule has 11 heteroatoms. The number of hydrogen-bond donors (Lipinski definition) is 3. The van der Waals surface area contributed by atoms with Gasteiger partial charge in [0, 0.05) is 31.4 Å². The molecule has 1 saturated carbocycles. The maximum absolute atomic E-state index is 12.9. The largest absolute Gasteiger partial charge is 0.419 e. The van der Waals surface area contributed by atoms with Crippen molar-refractivity contribution in [3.63, 3.8) is 0 Å². The first-order valence-corrected chi connectivity index (χ1v) is 13.5. The Labute approximate surface area is 229 Å². The molecular weight excluding hydrogens is 525 g/mol. The molecule has 0 spiro atoms. The fraction of sp³-hybridized carbons (Fsp3) is 0.448. The molecule has 2 aliphatic rings. The second kappa shape index (κ2) is 10.8. The SMILES string of the molecule is C=C(NCC(=O)NC1CN([C@H]2CC[C@@](O)(c3ccc4oc(=O)n(CC)c4c3)CC2)C1)c1cccc(C(F)(F)F)c1. The predicted molar refractivity (Wildman–Crippen MR) is 144 cm³/mol. The summed E-state index contributed by atoms with van der Waals surface area (Å²) in [5, 5.41) is 17.2. The number of aromatic nitrogens is 1. The molecule has 0 atom stereocenters. The molecule has 1 aliphatic heterocycles.